The summed E-state index contributed by atoms with van der Waals surface area (Å²) in [5.41, 5.74) is 0. The van der Waals surface area contributed by atoms with Gasteiger partial charge in [-0.25, -0.2) is 0 Å². The Hall–Kier alpha value is -0.835. The SMILES string of the molecule is [B]NC(C)CC(=O)N(C)C=O. The molecule has 0 rings (SSSR count). The van der Waals surface area contributed by atoms with Crippen LogP contribution in [0, 0.1) is 0 Å². The van der Waals surface area contributed by atoms with Crippen molar-refractivity contribution < 1.29 is 9.59 Å². The Morgan fingerprint density at radius 1 is 1.82 bits per heavy atom. The van der Waals surface area contributed by atoms with Crippen molar-refractivity contribution in [3.05, 3.63) is 0 Å². The molecule has 2 radical (unpaired) electrons. The van der Waals surface area contributed by atoms with Crippen LogP contribution in [0.15, 0.2) is 0 Å². The molecular formula is C6H11BN2O2. The Morgan fingerprint density at radius 2 is 2.36 bits per heavy atom. The lowest BCUT2D eigenvalue weighted by molar-refractivity contribution is -0.136. The average Bonchev–Trinajstić information content (AvgIpc) is 2.02. The average molecular weight is 154 g/mol. The van der Waals surface area contributed by atoms with Crippen LogP contribution in [0.3, 0.4) is 0 Å². The number of nitrogens with zero attached hydrogens (tertiary/aromatic N) is 1. The molecule has 0 spiro atoms. The van der Waals surface area contributed by atoms with E-state index in [1.54, 1.807) is 6.92 Å². The summed E-state index contributed by atoms with van der Waals surface area (Å²) in [4.78, 5) is 22.0. The van der Waals surface area contributed by atoms with Crippen molar-refractivity contribution in [2.45, 2.75) is 19.4 Å². The molecule has 0 bridgehead atoms. The first-order valence-corrected chi connectivity index (χ1v) is 3.29. The third kappa shape index (κ3) is 3.77. The molecule has 0 aliphatic rings. The number of hydrogen-bond donors (Lipinski definition) is 1. The zero-order chi connectivity index (χ0) is 8.85. The molecule has 0 aromatic carbocycles. The second-order valence-electron chi connectivity index (χ2n) is 2.38. The highest BCUT2D eigenvalue weighted by molar-refractivity contribution is 6.04. The maximum atomic E-state index is 10.9. The molecule has 0 saturated heterocycles. The van der Waals surface area contributed by atoms with Gasteiger partial charge in [0.05, 0.1) is 0 Å². The highest BCUT2D eigenvalue weighted by Crippen LogP contribution is 1.92. The topological polar surface area (TPSA) is 49.4 Å². The molecule has 0 saturated carbocycles. The van der Waals surface area contributed by atoms with Crippen molar-refractivity contribution in [3.8, 4) is 0 Å². The number of rotatable bonds is 4. The van der Waals surface area contributed by atoms with Crippen molar-refractivity contribution in [2.75, 3.05) is 7.05 Å². The zero-order valence-electron chi connectivity index (χ0n) is 6.70. The molecule has 0 fully saturated rings. The predicted molar refractivity (Wildman–Crippen MR) is 41.8 cm³/mol. The molecular weight excluding hydrogens is 143 g/mol. The van der Waals surface area contributed by atoms with Crippen molar-refractivity contribution in [1.82, 2.24) is 10.1 Å². The van der Waals surface area contributed by atoms with Crippen molar-refractivity contribution in [2.24, 2.45) is 0 Å². The molecule has 1 unspecified atom stereocenters. The van der Waals surface area contributed by atoms with Crippen LogP contribution in [0.4, 0.5) is 0 Å². The normalized spacial score (nSPS) is 12.2. The zero-order valence-corrected chi connectivity index (χ0v) is 6.70. The van der Waals surface area contributed by atoms with Crippen molar-refractivity contribution >= 4 is 20.3 Å². The summed E-state index contributed by atoms with van der Waals surface area (Å²) in [5, 5.41) is 2.41. The van der Waals surface area contributed by atoms with Crippen LogP contribution in [0.1, 0.15) is 13.3 Å². The molecule has 11 heavy (non-hydrogen) atoms. The Balaban J connectivity index is 3.77. The van der Waals surface area contributed by atoms with Gasteiger partial charge in [-0.3, -0.25) is 14.5 Å². The molecule has 1 N–H and O–H groups in total. The second-order valence-corrected chi connectivity index (χ2v) is 2.38. The fourth-order valence-corrected chi connectivity index (χ4v) is 0.524. The van der Waals surface area contributed by atoms with E-state index in [1.165, 1.54) is 7.05 Å². The Morgan fingerprint density at radius 3 is 2.73 bits per heavy atom. The summed E-state index contributed by atoms with van der Waals surface area (Å²) in [5.74, 6) is -0.245. The molecule has 0 aromatic rings. The largest absolute Gasteiger partial charge is 0.363 e. The summed E-state index contributed by atoms with van der Waals surface area (Å²) in [6.45, 7) is 1.76. The first-order chi connectivity index (χ1) is 5.11. The van der Waals surface area contributed by atoms with E-state index >= 15 is 0 Å². The summed E-state index contributed by atoms with van der Waals surface area (Å²) in [7, 11) is 6.47. The fraction of sp³-hybridized carbons (Fsp3) is 0.667. The van der Waals surface area contributed by atoms with Crippen LogP contribution in [0.2, 0.25) is 0 Å². The number of nitrogens with one attached hydrogen (secondary N) is 1. The van der Waals surface area contributed by atoms with Gasteiger partial charge in [-0.2, -0.15) is 0 Å². The van der Waals surface area contributed by atoms with Crippen LogP contribution in [-0.2, 0) is 9.59 Å². The standard InChI is InChI=1S/C6H11BN2O2/c1-5(8-7)3-6(11)9(2)4-10/h4-5,8H,3H2,1-2H3. The number of imide groups is 1. The summed E-state index contributed by atoms with van der Waals surface area (Å²) in [6.07, 6.45) is 0.706. The van der Waals surface area contributed by atoms with Crippen LogP contribution < -0.4 is 5.23 Å². The third-order valence-corrected chi connectivity index (χ3v) is 1.32. The van der Waals surface area contributed by atoms with Gasteiger partial charge in [-0.15, -0.1) is 0 Å². The predicted octanol–water partition coefficient (Wildman–Crippen LogP) is -0.947. The first kappa shape index (κ1) is 10.2. The molecule has 5 heteroatoms. The first-order valence-electron chi connectivity index (χ1n) is 3.29. The lowest BCUT2D eigenvalue weighted by atomic mass is 10.2. The highest BCUT2D eigenvalue weighted by atomic mass is 16.2. The van der Waals surface area contributed by atoms with Gasteiger partial charge in [0.25, 0.3) is 0 Å². The van der Waals surface area contributed by atoms with Gasteiger partial charge >= 0.3 is 0 Å². The maximum Gasteiger partial charge on any atom is 0.230 e. The van der Waals surface area contributed by atoms with Gasteiger partial charge in [-0.05, 0) is 0 Å². The van der Waals surface area contributed by atoms with Gasteiger partial charge in [0.15, 0.2) is 7.98 Å². The quantitative estimate of drug-likeness (QED) is 0.419. The minimum Gasteiger partial charge on any atom is -0.363 e. The lowest BCUT2D eigenvalue weighted by Crippen LogP contribution is -2.33. The van der Waals surface area contributed by atoms with E-state index in [0.717, 1.165) is 4.90 Å². The molecule has 0 aliphatic heterocycles. The molecule has 0 heterocycles. The number of carbonyl (C=O) groups is 2. The molecule has 60 valence electrons. The van der Waals surface area contributed by atoms with E-state index in [1.807, 2.05) is 0 Å². The molecule has 0 aromatic heterocycles. The summed E-state index contributed by atoms with van der Waals surface area (Å²) >= 11 is 0. The Kier molecular flexibility index (Phi) is 4.53. The minimum absolute atomic E-state index is 0.107. The van der Waals surface area contributed by atoms with Crippen LogP contribution in [-0.4, -0.2) is 38.3 Å². The van der Waals surface area contributed by atoms with E-state index in [-0.39, 0.29) is 18.4 Å². The second kappa shape index (κ2) is 4.90. The van der Waals surface area contributed by atoms with Crippen LogP contribution in [0.5, 0.6) is 0 Å². The summed E-state index contributed by atoms with van der Waals surface area (Å²) in [6, 6.07) is -0.107. The molecule has 4 nitrogen and oxygen atoms in total. The third-order valence-electron chi connectivity index (χ3n) is 1.32. The van der Waals surface area contributed by atoms with E-state index in [4.69, 9.17) is 7.98 Å². The van der Waals surface area contributed by atoms with Crippen molar-refractivity contribution in [1.29, 1.82) is 0 Å². The van der Waals surface area contributed by atoms with Crippen molar-refractivity contribution in [3.63, 3.8) is 0 Å². The van der Waals surface area contributed by atoms with E-state index in [2.05, 4.69) is 5.23 Å². The molecule has 1 atom stereocenters. The number of hydrogen-bond acceptors (Lipinski definition) is 3. The van der Waals surface area contributed by atoms with Gasteiger partial charge < -0.3 is 5.23 Å². The molecule has 0 aliphatic carbocycles. The van der Waals surface area contributed by atoms with Gasteiger partial charge in [0.2, 0.25) is 12.3 Å². The maximum absolute atomic E-state index is 10.9. The Labute approximate surface area is 67.4 Å². The van der Waals surface area contributed by atoms with E-state index in [9.17, 15) is 9.59 Å². The minimum atomic E-state index is -0.245. The number of amides is 2. The monoisotopic (exact) mass is 154 g/mol. The van der Waals surface area contributed by atoms with Crippen LogP contribution in [0.25, 0.3) is 0 Å². The Bertz CT molecular complexity index is 152. The smallest absolute Gasteiger partial charge is 0.230 e. The fourth-order valence-electron chi connectivity index (χ4n) is 0.524. The highest BCUT2D eigenvalue weighted by Gasteiger charge is 2.10. The van der Waals surface area contributed by atoms with Gasteiger partial charge in [0.1, 0.15) is 0 Å². The van der Waals surface area contributed by atoms with Crippen LogP contribution >= 0.6 is 0 Å². The number of carbonyl (C=O) groups excluding carboxylic acids is 2. The van der Waals surface area contributed by atoms with E-state index < -0.39 is 0 Å². The van der Waals surface area contributed by atoms with Gasteiger partial charge in [-0.1, -0.05) is 6.92 Å². The van der Waals surface area contributed by atoms with E-state index in [0.29, 0.717) is 6.41 Å². The summed E-state index contributed by atoms with van der Waals surface area (Å²) < 4.78 is 0. The van der Waals surface area contributed by atoms with Gasteiger partial charge in [0, 0.05) is 19.5 Å². The molecule has 2 amide bonds. The lowest BCUT2D eigenvalue weighted by Gasteiger charge is -2.12.